The minimum Gasteiger partial charge on any atom is -0.437 e. The first-order valence-electron chi connectivity index (χ1n) is 7.88. The van der Waals surface area contributed by atoms with Crippen LogP contribution in [0.3, 0.4) is 0 Å². The van der Waals surface area contributed by atoms with Gasteiger partial charge in [-0.1, -0.05) is 12.1 Å². The monoisotopic (exact) mass is 346 g/mol. The number of hydrogen-bond acceptors (Lipinski definition) is 6. The van der Waals surface area contributed by atoms with Crippen molar-refractivity contribution in [2.24, 2.45) is 0 Å². The van der Waals surface area contributed by atoms with Crippen molar-refractivity contribution in [2.45, 2.75) is 6.92 Å². The molecule has 2 heterocycles. The fourth-order valence-electron chi connectivity index (χ4n) is 2.55. The molecule has 0 aliphatic carbocycles. The van der Waals surface area contributed by atoms with Crippen molar-refractivity contribution in [2.75, 3.05) is 5.32 Å². The lowest BCUT2D eigenvalue weighted by Crippen LogP contribution is -2.08. The van der Waals surface area contributed by atoms with Gasteiger partial charge in [-0.2, -0.15) is 0 Å². The standard InChI is InChI=1S/C18H14N6O2/c1-12-10-13(6-7-15(12)24-11-19-22-23-24)20-17(25)8-9-18-21-14-4-2-3-5-16(14)26-18/h2-11H,1H3,(H,20,25)/b9-8+. The summed E-state index contributed by atoms with van der Waals surface area (Å²) < 4.78 is 7.11. The molecule has 2 aromatic heterocycles. The molecule has 4 rings (SSSR count). The van der Waals surface area contributed by atoms with Crippen molar-refractivity contribution < 1.29 is 9.21 Å². The average Bonchev–Trinajstić information content (AvgIpc) is 3.29. The number of carbonyl (C=O) groups is 1. The van der Waals surface area contributed by atoms with Crippen LogP contribution in [0.25, 0.3) is 22.9 Å². The van der Waals surface area contributed by atoms with Crippen molar-refractivity contribution in [1.82, 2.24) is 25.2 Å². The molecular formula is C18H14N6O2. The number of aromatic nitrogens is 5. The molecule has 0 spiro atoms. The van der Waals surface area contributed by atoms with Crippen molar-refractivity contribution in [3.63, 3.8) is 0 Å². The van der Waals surface area contributed by atoms with Crippen molar-refractivity contribution in [3.8, 4) is 5.69 Å². The van der Waals surface area contributed by atoms with E-state index in [-0.39, 0.29) is 5.91 Å². The lowest BCUT2D eigenvalue weighted by atomic mass is 10.2. The molecule has 0 bridgehead atoms. The fraction of sp³-hybridized carbons (Fsp3) is 0.0556. The number of oxazole rings is 1. The maximum atomic E-state index is 12.1. The van der Waals surface area contributed by atoms with E-state index in [1.54, 1.807) is 10.7 Å². The summed E-state index contributed by atoms with van der Waals surface area (Å²) in [5.74, 6) is 0.105. The van der Waals surface area contributed by atoms with E-state index in [4.69, 9.17) is 4.42 Å². The van der Waals surface area contributed by atoms with Gasteiger partial charge in [0, 0.05) is 17.8 Å². The summed E-state index contributed by atoms with van der Waals surface area (Å²) >= 11 is 0. The SMILES string of the molecule is Cc1cc(NC(=O)/C=C/c2nc3ccccc3o2)ccc1-n1cnnn1. The van der Waals surface area contributed by atoms with E-state index in [2.05, 4.69) is 25.8 Å². The number of amides is 1. The Hall–Kier alpha value is -3.81. The maximum Gasteiger partial charge on any atom is 0.248 e. The molecule has 8 nitrogen and oxygen atoms in total. The molecule has 26 heavy (non-hydrogen) atoms. The van der Waals surface area contributed by atoms with E-state index in [9.17, 15) is 4.79 Å². The smallest absolute Gasteiger partial charge is 0.248 e. The number of tetrazole rings is 1. The molecule has 4 aromatic rings. The Bertz CT molecular complexity index is 1070. The van der Waals surface area contributed by atoms with Crippen LogP contribution >= 0.6 is 0 Å². The van der Waals surface area contributed by atoms with E-state index >= 15 is 0 Å². The first kappa shape index (κ1) is 15.7. The largest absolute Gasteiger partial charge is 0.437 e. The van der Waals surface area contributed by atoms with Gasteiger partial charge in [0.2, 0.25) is 11.8 Å². The zero-order valence-corrected chi connectivity index (χ0v) is 13.8. The molecule has 128 valence electrons. The summed E-state index contributed by atoms with van der Waals surface area (Å²) in [6, 6.07) is 12.9. The Labute approximate surface area is 148 Å². The molecule has 0 aliphatic rings. The molecule has 0 saturated carbocycles. The number of rotatable bonds is 4. The van der Waals surface area contributed by atoms with Crippen LogP contribution in [-0.4, -0.2) is 31.1 Å². The van der Waals surface area contributed by atoms with Crippen LogP contribution in [0.4, 0.5) is 5.69 Å². The van der Waals surface area contributed by atoms with Gasteiger partial charge in [-0.05, 0) is 53.2 Å². The molecular weight excluding hydrogens is 332 g/mol. The van der Waals surface area contributed by atoms with E-state index in [0.29, 0.717) is 17.2 Å². The lowest BCUT2D eigenvalue weighted by molar-refractivity contribution is -0.111. The predicted octanol–water partition coefficient (Wildman–Crippen LogP) is 2.76. The minimum atomic E-state index is -0.276. The van der Waals surface area contributed by atoms with Crippen LogP contribution in [0.1, 0.15) is 11.5 Å². The number of aryl methyl sites for hydroxylation is 1. The predicted molar refractivity (Wildman–Crippen MR) is 95.6 cm³/mol. The van der Waals surface area contributed by atoms with Crippen molar-refractivity contribution >= 4 is 28.8 Å². The molecule has 0 aliphatic heterocycles. The molecule has 0 unspecified atom stereocenters. The number of benzene rings is 2. The van der Waals surface area contributed by atoms with Crippen LogP contribution in [0.15, 0.2) is 59.3 Å². The van der Waals surface area contributed by atoms with Gasteiger partial charge >= 0.3 is 0 Å². The zero-order chi connectivity index (χ0) is 17.9. The number of nitrogens with one attached hydrogen (secondary N) is 1. The molecule has 0 atom stereocenters. The number of anilines is 1. The quantitative estimate of drug-likeness (QED) is 0.571. The highest BCUT2D eigenvalue weighted by molar-refractivity contribution is 6.01. The Balaban J connectivity index is 1.46. The van der Waals surface area contributed by atoms with E-state index < -0.39 is 0 Å². The van der Waals surface area contributed by atoms with Crippen LogP contribution in [-0.2, 0) is 4.79 Å². The highest BCUT2D eigenvalue weighted by Gasteiger charge is 2.06. The summed E-state index contributed by atoms with van der Waals surface area (Å²) in [4.78, 5) is 16.4. The van der Waals surface area contributed by atoms with Crippen molar-refractivity contribution in [3.05, 3.63) is 66.3 Å². The second kappa shape index (κ2) is 6.60. The summed E-state index contributed by atoms with van der Waals surface area (Å²) in [7, 11) is 0. The van der Waals surface area contributed by atoms with Crippen LogP contribution in [0.5, 0.6) is 0 Å². The van der Waals surface area contributed by atoms with Gasteiger partial charge in [-0.3, -0.25) is 4.79 Å². The topological polar surface area (TPSA) is 98.7 Å². The first-order valence-corrected chi connectivity index (χ1v) is 7.88. The third kappa shape index (κ3) is 3.20. The molecule has 2 aromatic carbocycles. The Morgan fingerprint density at radius 1 is 1.23 bits per heavy atom. The highest BCUT2D eigenvalue weighted by Crippen LogP contribution is 2.18. The van der Waals surface area contributed by atoms with E-state index in [1.165, 1.54) is 18.5 Å². The second-order valence-electron chi connectivity index (χ2n) is 5.60. The van der Waals surface area contributed by atoms with Crippen LogP contribution < -0.4 is 5.32 Å². The molecule has 8 heteroatoms. The Morgan fingerprint density at radius 3 is 2.88 bits per heavy atom. The van der Waals surface area contributed by atoms with Gasteiger partial charge < -0.3 is 9.73 Å². The first-order chi connectivity index (χ1) is 12.7. The van der Waals surface area contributed by atoms with E-state index in [0.717, 1.165) is 16.8 Å². The maximum absolute atomic E-state index is 12.1. The van der Waals surface area contributed by atoms with E-state index in [1.807, 2.05) is 43.3 Å². The van der Waals surface area contributed by atoms with Crippen LogP contribution in [0, 0.1) is 6.92 Å². The fourth-order valence-corrected chi connectivity index (χ4v) is 2.55. The summed E-state index contributed by atoms with van der Waals surface area (Å²) in [5, 5.41) is 13.9. The molecule has 0 saturated heterocycles. The Kier molecular flexibility index (Phi) is 3.98. The number of para-hydroxylation sites is 2. The van der Waals surface area contributed by atoms with Crippen LogP contribution in [0.2, 0.25) is 0 Å². The highest BCUT2D eigenvalue weighted by atomic mass is 16.3. The average molecular weight is 346 g/mol. The number of nitrogens with zero attached hydrogens (tertiary/aromatic N) is 5. The van der Waals surface area contributed by atoms with Gasteiger partial charge in [0.1, 0.15) is 11.8 Å². The Morgan fingerprint density at radius 2 is 2.12 bits per heavy atom. The lowest BCUT2D eigenvalue weighted by Gasteiger charge is -2.07. The summed E-state index contributed by atoms with van der Waals surface area (Å²) in [6.45, 7) is 1.92. The molecule has 0 radical (unpaired) electrons. The molecule has 1 amide bonds. The third-order valence-electron chi connectivity index (χ3n) is 3.75. The zero-order valence-electron chi connectivity index (χ0n) is 13.8. The molecule has 0 fully saturated rings. The number of fused-ring (bicyclic) bond motifs is 1. The van der Waals surface area contributed by atoms with Gasteiger partial charge in [-0.15, -0.1) is 5.10 Å². The van der Waals surface area contributed by atoms with Gasteiger partial charge in [0.05, 0.1) is 5.69 Å². The normalized spacial score (nSPS) is 11.3. The van der Waals surface area contributed by atoms with Gasteiger partial charge in [0.15, 0.2) is 5.58 Å². The van der Waals surface area contributed by atoms with Gasteiger partial charge in [-0.25, -0.2) is 9.67 Å². The minimum absolute atomic E-state index is 0.276. The second-order valence-corrected chi connectivity index (χ2v) is 5.60. The van der Waals surface area contributed by atoms with Crippen molar-refractivity contribution in [1.29, 1.82) is 0 Å². The summed E-state index contributed by atoms with van der Waals surface area (Å²) in [5.41, 5.74) is 3.88. The summed E-state index contributed by atoms with van der Waals surface area (Å²) in [6.07, 6.45) is 4.44. The third-order valence-corrected chi connectivity index (χ3v) is 3.75. The molecule has 1 N–H and O–H groups in total. The van der Waals surface area contributed by atoms with Gasteiger partial charge in [0.25, 0.3) is 0 Å². The number of hydrogen-bond donors (Lipinski definition) is 1. The number of carbonyl (C=O) groups excluding carboxylic acids is 1.